The number of anilines is 1. The highest BCUT2D eigenvalue weighted by molar-refractivity contribution is 7.92. The van der Waals surface area contributed by atoms with E-state index >= 15 is 0 Å². The summed E-state index contributed by atoms with van der Waals surface area (Å²) in [7, 11) is -3.51. The van der Waals surface area contributed by atoms with Crippen molar-refractivity contribution in [2.24, 2.45) is 0 Å². The molecule has 0 aliphatic carbocycles. The van der Waals surface area contributed by atoms with Crippen LogP contribution in [-0.2, 0) is 16.6 Å². The summed E-state index contributed by atoms with van der Waals surface area (Å²) in [5.74, 6) is 0.761. The normalized spacial score (nSPS) is 13.0. The monoisotopic (exact) mass is 366 g/mol. The molecule has 0 saturated carbocycles. The number of nitrogens with zero attached hydrogens (tertiary/aromatic N) is 1. The SMILES string of the molecule is Cc1cc(C)c(N(CC(O)CNCc2ccco2)S(C)(=O)=O)c(C)c1. The Balaban J connectivity index is 2.11. The Morgan fingerprint density at radius 3 is 2.40 bits per heavy atom. The summed E-state index contributed by atoms with van der Waals surface area (Å²) in [6, 6.07) is 7.52. The molecule has 2 rings (SSSR count). The lowest BCUT2D eigenvalue weighted by Crippen LogP contribution is -2.41. The van der Waals surface area contributed by atoms with Gasteiger partial charge in [-0.15, -0.1) is 0 Å². The average molecular weight is 366 g/mol. The van der Waals surface area contributed by atoms with Crippen LogP contribution < -0.4 is 9.62 Å². The summed E-state index contributed by atoms with van der Waals surface area (Å²) in [5, 5.41) is 13.4. The Bertz CT molecular complexity index is 777. The largest absolute Gasteiger partial charge is 0.468 e. The third-order valence-corrected chi connectivity index (χ3v) is 5.05. The van der Waals surface area contributed by atoms with Crippen LogP contribution in [0.4, 0.5) is 5.69 Å². The minimum Gasteiger partial charge on any atom is -0.468 e. The molecule has 2 N–H and O–H groups in total. The van der Waals surface area contributed by atoms with Crippen LogP contribution in [0.1, 0.15) is 22.5 Å². The first kappa shape index (κ1) is 19.5. The molecule has 0 aliphatic heterocycles. The smallest absolute Gasteiger partial charge is 0.232 e. The van der Waals surface area contributed by atoms with Gasteiger partial charge in [0, 0.05) is 6.54 Å². The van der Waals surface area contributed by atoms with E-state index in [4.69, 9.17) is 4.42 Å². The van der Waals surface area contributed by atoms with E-state index in [-0.39, 0.29) is 13.1 Å². The predicted octanol–water partition coefficient (Wildman–Crippen LogP) is 2.12. The van der Waals surface area contributed by atoms with Gasteiger partial charge in [-0.2, -0.15) is 0 Å². The van der Waals surface area contributed by atoms with Crippen molar-refractivity contribution in [3.8, 4) is 0 Å². The maximum absolute atomic E-state index is 12.3. The summed E-state index contributed by atoms with van der Waals surface area (Å²) in [5.41, 5.74) is 3.46. The lowest BCUT2D eigenvalue weighted by molar-refractivity contribution is 0.179. The number of aryl methyl sites for hydroxylation is 3. The van der Waals surface area contributed by atoms with E-state index in [1.807, 2.05) is 39.0 Å². The van der Waals surface area contributed by atoms with E-state index in [0.717, 1.165) is 28.7 Å². The van der Waals surface area contributed by atoms with E-state index in [0.29, 0.717) is 12.2 Å². The van der Waals surface area contributed by atoms with Gasteiger partial charge in [-0.05, 0) is 44.0 Å². The number of benzene rings is 1. The molecule has 2 aromatic rings. The van der Waals surface area contributed by atoms with Crippen molar-refractivity contribution < 1.29 is 17.9 Å². The quantitative estimate of drug-likeness (QED) is 0.748. The molecule has 138 valence electrons. The van der Waals surface area contributed by atoms with Crippen LogP contribution in [0.2, 0.25) is 0 Å². The van der Waals surface area contributed by atoms with Crippen LogP contribution in [0.25, 0.3) is 0 Å². The van der Waals surface area contributed by atoms with E-state index in [9.17, 15) is 13.5 Å². The molecule has 7 heteroatoms. The second-order valence-corrected chi connectivity index (χ2v) is 8.31. The summed E-state index contributed by atoms with van der Waals surface area (Å²) in [4.78, 5) is 0. The number of hydrogen-bond donors (Lipinski definition) is 2. The van der Waals surface area contributed by atoms with Gasteiger partial charge in [0.2, 0.25) is 10.0 Å². The number of sulfonamides is 1. The van der Waals surface area contributed by atoms with E-state index in [1.54, 1.807) is 12.3 Å². The molecule has 0 spiro atoms. The Morgan fingerprint density at radius 1 is 1.24 bits per heavy atom. The highest BCUT2D eigenvalue weighted by Gasteiger charge is 2.24. The molecule has 0 aliphatic rings. The molecule has 1 aromatic heterocycles. The van der Waals surface area contributed by atoms with Gasteiger partial charge < -0.3 is 14.8 Å². The van der Waals surface area contributed by atoms with Crippen LogP contribution in [0, 0.1) is 20.8 Å². The zero-order valence-electron chi connectivity index (χ0n) is 15.1. The minimum absolute atomic E-state index is 0.00523. The maximum Gasteiger partial charge on any atom is 0.232 e. The molecule has 1 heterocycles. The highest BCUT2D eigenvalue weighted by Crippen LogP contribution is 2.28. The van der Waals surface area contributed by atoms with E-state index < -0.39 is 16.1 Å². The fourth-order valence-corrected chi connectivity index (χ4v) is 4.05. The molecule has 1 atom stereocenters. The zero-order chi connectivity index (χ0) is 18.6. The van der Waals surface area contributed by atoms with Crippen LogP contribution in [0.5, 0.6) is 0 Å². The fourth-order valence-electron chi connectivity index (χ4n) is 2.99. The molecule has 0 saturated heterocycles. The van der Waals surface area contributed by atoms with Crippen molar-refractivity contribution in [1.29, 1.82) is 0 Å². The molecule has 0 radical (unpaired) electrons. The van der Waals surface area contributed by atoms with E-state index in [2.05, 4.69) is 5.32 Å². The Morgan fingerprint density at radius 2 is 1.88 bits per heavy atom. The number of aliphatic hydroxyl groups is 1. The van der Waals surface area contributed by atoms with Crippen LogP contribution >= 0.6 is 0 Å². The lowest BCUT2D eigenvalue weighted by atomic mass is 10.0. The lowest BCUT2D eigenvalue weighted by Gasteiger charge is -2.28. The molecule has 0 amide bonds. The second kappa shape index (κ2) is 8.03. The molecular formula is C18H26N2O4S. The van der Waals surface area contributed by atoms with Crippen LogP contribution in [0.3, 0.4) is 0 Å². The van der Waals surface area contributed by atoms with Gasteiger partial charge in [-0.3, -0.25) is 4.31 Å². The number of aliphatic hydroxyl groups excluding tert-OH is 1. The molecular weight excluding hydrogens is 340 g/mol. The van der Waals surface area contributed by atoms with Gasteiger partial charge in [-0.1, -0.05) is 17.7 Å². The molecule has 25 heavy (non-hydrogen) atoms. The minimum atomic E-state index is -3.51. The van der Waals surface area contributed by atoms with Crippen LogP contribution in [0.15, 0.2) is 34.9 Å². The van der Waals surface area contributed by atoms with Crippen molar-refractivity contribution in [2.75, 3.05) is 23.7 Å². The van der Waals surface area contributed by atoms with Gasteiger partial charge in [0.1, 0.15) is 5.76 Å². The first-order valence-corrected chi connectivity index (χ1v) is 10.00. The summed E-state index contributed by atoms with van der Waals surface area (Å²) < 4.78 is 31.1. The summed E-state index contributed by atoms with van der Waals surface area (Å²) in [6.07, 6.45) is 1.90. The zero-order valence-corrected chi connectivity index (χ0v) is 15.9. The number of nitrogens with one attached hydrogen (secondary N) is 1. The topological polar surface area (TPSA) is 82.8 Å². The van der Waals surface area contributed by atoms with Gasteiger partial charge in [0.15, 0.2) is 0 Å². The number of rotatable bonds is 8. The van der Waals surface area contributed by atoms with Crippen molar-refractivity contribution in [3.05, 3.63) is 53.0 Å². The first-order valence-electron chi connectivity index (χ1n) is 8.15. The molecule has 6 nitrogen and oxygen atoms in total. The van der Waals surface area contributed by atoms with Crippen molar-refractivity contribution in [2.45, 2.75) is 33.4 Å². The van der Waals surface area contributed by atoms with Gasteiger partial charge in [0.25, 0.3) is 0 Å². The van der Waals surface area contributed by atoms with Crippen molar-refractivity contribution >= 4 is 15.7 Å². The highest BCUT2D eigenvalue weighted by atomic mass is 32.2. The third kappa shape index (κ3) is 5.32. The van der Waals surface area contributed by atoms with Crippen molar-refractivity contribution in [3.63, 3.8) is 0 Å². The Labute approximate surface area is 149 Å². The molecule has 0 bridgehead atoms. The third-order valence-electron chi connectivity index (χ3n) is 3.92. The number of furan rings is 1. The van der Waals surface area contributed by atoms with Crippen molar-refractivity contribution in [1.82, 2.24) is 5.32 Å². The standard InChI is InChI=1S/C18H26N2O4S/c1-13-8-14(2)18(15(3)9-13)20(25(4,22)23)12-16(21)10-19-11-17-6-5-7-24-17/h5-9,16,19,21H,10-12H2,1-4H3. The molecule has 1 unspecified atom stereocenters. The average Bonchev–Trinajstić information content (AvgIpc) is 2.97. The Kier molecular flexibility index (Phi) is 6.26. The van der Waals surface area contributed by atoms with Gasteiger partial charge in [0.05, 0.1) is 37.4 Å². The molecule has 0 fully saturated rings. The van der Waals surface area contributed by atoms with E-state index in [1.165, 1.54) is 4.31 Å². The summed E-state index contributed by atoms with van der Waals surface area (Å²) in [6.45, 7) is 6.48. The predicted molar refractivity (Wildman–Crippen MR) is 99.3 cm³/mol. The Hall–Kier alpha value is -1.83. The summed E-state index contributed by atoms with van der Waals surface area (Å²) >= 11 is 0. The van der Waals surface area contributed by atoms with Gasteiger partial charge in [-0.25, -0.2) is 8.42 Å². The molecule has 1 aromatic carbocycles. The maximum atomic E-state index is 12.3. The van der Waals surface area contributed by atoms with Gasteiger partial charge >= 0.3 is 0 Å². The van der Waals surface area contributed by atoms with Crippen LogP contribution in [-0.4, -0.2) is 39.0 Å². The first-order chi connectivity index (χ1) is 11.7. The fraction of sp³-hybridized carbons (Fsp3) is 0.444. The second-order valence-electron chi connectivity index (χ2n) is 6.41. The number of hydrogen-bond acceptors (Lipinski definition) is 5.